The number of benzene rings is 2. The van der Waals surface area contributed by atoms with Crippen LogP contribution in [0.3, 0.4) is 0 Å². The maximum atomic E-state index is 6.15. The summed E-state index contributed by atoms with van der Waals surface area (Å²) in [6, 6.07) is 20.9. The van der Waals surface area contributed by atoms with Crippen molar-refractivity contribution in [3.05, 3.63) is 77.9 Å². The topological polar surface area (TPSA) is 12.5 Å². The van der Waals surface area contributed by atoms with Gasteiger partial charge in [0.05, 0.1) is 0 Å². The van der Waals surface area contributed by atoms with Crippen LogP contribution in [0.1, 0.15) is 30.4 Å². The molecule has 1 aliphatic rings. The first-order chi connectivity index (χ1) is 12.3. The van der Waals surface area contributed by atoms with Gasteiger partial charge in [-0.15, -0.1) is 0 Å². The van der Waals surface area contributed by atoms with Crippen molar-refractivity contribution in [1.82, 2.24) is 4.90 Å². The van der Waals surface area contributed by atoms with Crippen LogP contribution in [-0.2, 0) is 11.2 Å². The van der Waals surface area contributed by atoms with E-state index < -0.39 is 0 Å². The van der Waals surface area contributed by atoms with Crippen LogP contribution >= 0.6 is 12.2 Å². The molecule has 0 aromatic heterocycles. The van der Waals surface area contributed by atoms with Gasteiger partial charge in [0, 0.05) is 13.1 Å². The molecule has 0 amide bonds. The van der Waals surface area contributed by atoms with Crippen molar-refractivity contribution in [2.75, 3.05) is 13.1 Å². The van der Waals surface area contributed by atoms with E-state index in [1.165, 1.54) is 24.0 Å². The Kier molecular flexibility index (Phi) is 6.63. The van der Waals surface area contributed by atoms with Crippen molar-refractivity contribution >= 4 is 23.5 Å². The molecule has 0 N–H and O–H groups in total. The van der Waals surface area contributed by atoms with Gasteiger partial charge in [0.1, 0.15) is 6.10 Å². The third-order valence-corrected chi connectivity index (χ3v) is 4.83. The molecule has 2 aromatic carbocycles. The zero-order chi connectivity index (χ0) is 17.3. The Morgan fingerprint density at radius 2 is 1.64 bits per heavy atom. The molecule has 3 heteroatoms. The SMILES string of the molecule is S=C(OC(/C=C/c1ccccc1)CCc1ccccc1)N1CCCC1. The second kappa shape index (κ2) is 9.38. The Labute approximate surface area is 156 Å². The van der Waals surface area contributed by atoms with Gasteiger partial charge in [-0.05, 0) is 55.1 Å². The second-order valence-electron chi connectivity index (χ2n) is 6.41. The molecule has 0 bridgehead atoms. The molecular formula is C22H25NOS. The summed E-state index contributed by atoms with van der Waals surface area (Å²) < 4.78 is 6.15. The molecule has 1 unspecified atom stereocenters. The van der Waals surface area contributed by atoms with E-state index in [0.29, 0.717) is 5.17 Å². The molecule has 1 atom stereocenters. The van der Waals surface area contributed by atoms with Crippen LogP contribution in [0.4, 0.5) is 0 Å². The lowest BCUT2D eigenvalue weighted by molar-refractivity contribution is 0.194. The molecule has 0 saturated carbocycles. The average molecular weight is 352 g/mol. The summed E-state index contributed by atoms with van der Waals surface area (Å²) in [6.45, 7) is 2.04. The molecule has 0 aliphatic carbocycles. The number of rotatable bonds is 6. The van der Waals surface area contributed by atoms with Gasteiger partial charge in [-0.25, -0.2) is 0 Å². The molecule has 25 heavy (non-hydrogen) atoms. The molecule has 3 rings (SSSR count). The summed E-state index contributed by atoms with van der Waals surface area (Å²) >= 11 is 5.52. The van der Waals surface area contributed by atoms with Crippen molar-refractivity contribution in [3.63, 3.8) is 0 Å². The summed E-state index contributed by atoms with van der Waals surface area (Å²) in [5, 5.41) is 0.647. The molecule has 1 fully saturated rings. The lowest BCUT2D eigenvalue weighted by Gasteiger charge is -2.23. The highest BCUT2D eigenvalue weighted by molar-refractivity contribution is 7.80. The average Bonchev–Trinajstić information content (AvgIpc) is 3.20. The van der Waals surface area contributed by atoms with Crippen LogP contribution in [0.25, 0.3) is 6.08 Å². The molecule has 2 aromatic rings. The largest absolute Gasteiger partial charge is 0.463 e. The first-order valence-electron chi connectivity index (χ1n) is 9.04. The molecule has 0 radical (unpaired) electrons. The van der Waals surface area contributed by atoms with E-state index in [0.717, 1.165) is 25.9 Å². The molecular weight excluding hydrogens is 326 g/mol. The summed E-state index contributed by atoms with van der Waals surface area (Å²) in [6.07, 6.45) is 8.57. The number of aryl methyl sites for hydroxylation is 1. The van der Waals surface area contributed by atoms with E-state index in [-0.39, 0.29) is 6.10 Å². The standard InChI is InChI=1S/C22H25NOS/c25-22(23-17-7-8-18-23)24-21(15-13-19-9-3-1-4-10-19)16-14-20-11-5-2-6-12-20/h1-6,9-13,15,21H,7-8,14,16-18H2/b15-13+. The summed E-state index contributed by atoms with van der Waals surface area (Å²) in [5.41, 5.74) is 2.51. The van der Waals surface area contributed by atoms with E-state index in [4.69, 9.17) is 17.0 Å². The number of thiocarbonyl (C=S) groups is 1. The Morgan fingerprint density at radius 1 is 1.00 bits per heavy atom. The van der Waals surface area contributed by atoms with E-state index in [2.05, 4.69) is 59.5 Å². The maximum Gasteiger partial charge on any atom is 0.259 e. The lowest BCUT2D eigenvalue weighted by Crippen LogP contribution is -2.31. The third-order valence-electron chi connectivity index (χ3n) is 4.48. The van der Waals surface area contributed by atoms with Gasteiger partial charge in [0.15, 0.2) is 0 Å². The monoisotopic (exact) mass is 351 g/mol. The minimum Gasteiger partial charge on any atom is -0.463 e. The number of likely N-dealkylation sites (tertiary alicyclic amines) is 1. The predicted molar refractivity (Wildman–Crippen MR) is 109 cm³/mol. The fraction of sp³-hybridized carbons (Fsp3) is 0.318. The third kappa shape index (κ3) is 5.71. The smallest absolute Gasteiger partial charge is 0.259 e. The Bertz CT molecular complexity index is 678. The zero-order valence-corrected chi connectivity index (χ0v) is 15.3. The van der Waals surface area contributed by atoms with Crippen molar-refractivity contribution in [1.29, 1.82) is 0 Å². The Balaban J connectivity index is 1.64. The molecule has 2 nitrogen and oxygen atoms in total. The van der Waals surface area contributed by atoms with Crippen LogP contribution in [0.5, 0.6) is 0 Å². The van der Waals surface area contributed by atoms with Crippen LogP contribution in [0.2, 0.25) is 0 Å². The minimum absolute atomic E-state index is 0.00601. The Hall–Kier alpha value is -2.13. The summed E-state index contributed by atoms with van der Waals surface area (Å²) in [7, 11) is 0. The first-order valence-corrected chi connectivity index (χ1v) is 9.45. The summed E-state index contributed by atoms with van der Waals surface area (Å²) in [4.78, 5) is 2.18. The first kappa shape index (κ1) is 17.7. The van der Waals surface area contributed by atoms with Crippen molar-refractivity contribution in [2.45, 2.75) is 31.8 Å². The van der Waals surface area contributed by atoms with Gasteiger partial charge in [-0.2, -0.15) is 0 Å². The fourth-order valence-corrected chi connectivity index (χ4v) is 3.34. The van der Waals surface area contributed by atoms with Crippen molar-refractivity contribution in [3.8, 4) is 0 Å². The highest BCUT2D eigenvalue weighted by atomic mass is 32.1. The van der Waals surface area contributed by atoms with Gasteiger partial charge in [0.25, 0.3) is 5.17 Å². The molecule has 130 valence electrons. The van der Waals surface area contributed by atoms with E-state index >= 15 is 0 Å². The minimum atomic E-state index is -0.00601. The van der Waals surface area contributed by atoms with Gasteiger partial charge in [0.2, 0.25) is 0 Å². The quantitative estimate of drug-likeness (QED) is 0.672. The van der Waals surface area contributed by atoms with Crippen molar-refractivity contribution < 1.29 is 4.74 Å². The lowest BCUT2D eigenvalue weighted by atomic mass is 10.1. The Morgan fingerprint density at radius 3 is 2.32 bits per heavy atom. The highest BCUT2D eigenvalue weighted by Gasteiger charge is 2.18. The predicted octanol–water partition coefficient (Wildman–Crippen LogP) is 5.10. The number of hydrogen-bond acceptors (Lipinski definition) is 2. The normalized spacial score (nSPS) is 15.4. The molecule has 1 saturated heterocycles. The van der Waals surface area contributed by atoms with Gasteiger partial charge in [-0.1, -0.05) is 66.7 Å². The molecule has 1 aliphatic heterocycles. The van der Waals surface area contributed by atoms with Gasteiger partial charge in [-0.3, -0.25) is 0 Å². The fourth-order valence-electron chi connectivity index (χ4n) is 3.03. The van der Waals surface area contributed by atoms with Crippen LogP contribution in [0.15, 0.2) is 66.7 Å². The second-order valence-corrected chi connectivity index (χ2v) is 6.76. The molecule has 0 spiro atoms. The number of ether oxygens (including phenoxy) is 1. The number of hydrogen-bond donors (Lipinski definition) is 0. The summed E-state index contributed by atoms with van der Waals surface area (Å²) in [5.74, 6) is 0. The highest BCUT2D eigenvalue weighted by Crippen LogP contribution is 2.15. The number of nitrogens with zero attached hydrogens (tertiary/aromatic N) is 1. The van der Waals surface area contributed by atoms with Gasteiger partial charge >= 0.3 is 0 Å². The van der Waals surface area contributed by atoms with Crippen LogP contribution < -0.4 is 0 Å². The van der Waals surface area contributed by atoms with E-state index in [1.54, 1.807) is 0 Å². The maximum absolute atomic E-state index is 6.15. The van der Waals surface area contributed by atoms with Crippen LogP contribution in [-0.4, -0.2) is 29.3 Å². The van der Waals surface area contributed by atoms with E-state index in [1.807, 2.05) is 18.2 Å². The zero-order valence-electron chi connectivity index (χ0n) is 14.5. The van der Waals surface area contributed by atoms with Crippen molar-refractivity contribution in [2.24, 2.45) is 0 Å². The molecule has 1 heterocycles. The van der Waals surface area contributed by atoms with Gasteiger partial charge < -0.3 is 9.64 Å². The van der Waals surface area contributed by atoms with E-state index in [9.17, 15) is 0 Å². The van der Waals surface area contributed by atoms with Crippen LogP contribution in [0, 0.1) is 0 Å².